The highest BCUT2D eigenvalue weighted by Gasteiger charge is 2.21. The van der Waals surface area contributed by atoms with E-state index in [0.717, 1.165) is 19.3 Å². The van der Waals surface area contributed by atoms with Crippen LogP contribution in [0.4, 0.5) is 0 Å². The van der Waals surface area contributed by atoms with E-state index in [9.17, 15) is 4.79 Å². The van der Waals surface area contributed by atoms with Crippen LogP contribution in [0.2, 0.25) is 0 Å². The Balaban J connectivity index is 3.89. The van der Waals surface area contributed by atoms with E-state index in [2.05, 4.69) is 6.92 Å². The molecular formula is C12H24O2. The van der Waals surface area contributed by atoms with E-state index < -0.39 is 0 Å². The number of hydrogen-bond acceptors (Lipinski definition) is 2. The van der Waals surface area contributed by atoms with E-state index >= 15 is 0 Å². The number of ketones is 1. The maximum absolute atomic E-state index is 11.7. The summed E-state index contributed by atoms with van der Waals surface area (Å²) < 4.78 is 5.45. The lowest BCUT2D eigenvalue weighted by Gasteiger charge is -2.19. The van der Waals surface area contributed by atoms with Gasteiger partial charge in [-0.2, -0.15) is 0 Å². The van der Waals surface area contributed by atoms with Crippen LogP contribution in [0, 0.1) is 5.92 Å². The lowest BCUT2D eigenvalue weighted by atomic mass is 9.99. The zero-order chi connectivity index (χ0) is 11.0. The molecule has 84 valence electrons. The van der Waals surface area contributed by atoms with Gasteiger partial charge in [0, 0.05) is 13.0 Å². The van der Waals surface area contributed by atoms with E-state index in [-0.39, 0.29) is 11.9 Å². The molecule has 2 heteroatoms. The molecule has 0 rings (SSSR count). The molecule has 0 bridgehead atoms. The molecule has 0 spiro atoms. The van der Waals surface area contributed by atoms with Gasteiger partial charge in [0.1, 0.15) is 6.10 Å². The summed E-state index contributed by atoms with van der Waals surface area (Å²) in [6.45, 7) is 8.79. The Kier molecular flexibility index (Phi) is 7.77. The Hall–Kier alpha value is -0.370. The molecule has 0 aliphatic carbocycles. The average molecular weight is 200 g/mol. The molecule has 0 aromatic rings. The first-order valence-corrected chi connectivity index (χ1v) is 5.77. The van der Waals surface area contributed by atoms with Crippen LogP contribution in [-0.4, -0.2) is 18.5 Å². The molecule has 2 nitrogen and oxygen atoms in total. The van der Waals surface area contributed by atoms with Crippen LogP contribution in [0.15, 0.2) is 0 Å². The van der Waals surface area contributed by atoms with E-state index in [4.69, 9.17) is 4.74 Å². The van der Waals surface area contributed by atoms with Gasteiger partial charge in [0.2, 0.25) is 0 Å². The predicted octanol–water partition coefficient (Wildman–Crippen LogP) is 3.20. The minimum Gasteiger partial charge on any atom is -0.370 e. The Bertz CT molecular complexity index is 152. The summed E-state index contributed by atoms with van der Waals surface area (Å²) in [6.07, 6.45) is 3.80. The summed E-state index contributed by atoms with van der Waals surface area (Å²) in [6, 6.07) is 0. The van der Waals surface area contributed by atoms with E-state index in [1.165, 1.54) is 0 Å². The Labute approximate surface area is 88.0 Å². The van der Waals surface area contributed by atoms with Crippen molar-refractivity contribution in [2.75, 3.05) is 6.61 Å². The molecule has 0 N–H and O–H groups in total. The molecule has 1 unspecified atom stereocenters. The molecule has 0 aliphatic rings. The molecule has 0 heterocycles. The molecule has 0 fully saturated rings. The maximum atomic E-state index is 11.7. The number of hydrogen-bond donors (Lipinski definition) is 0. The predicted molar refractivity (Wildman–Crippen MR) is 59.4 cm³/mol. The minimum atomic E-state index is -0.183. The molecule has 14 heavy (non-hydrogen) atoms. The van der Waals surface area contributed by atoms with Crippen molar-refractivity contribution in [3.8, 4) is 0 Å². The van der Waals surface area contributed by atoms with Crippen molar-refractivity contribution in [3.05, 3.63) is 0 Å². The second-order valence-corrected chi connectivity index (χ2v) is 4.04. The van der Waals surface area contributed by atoms with Crippen molar-refractivity contribution in [3.63, 3.8) is 0 Å². The van der Waals surface area contributed by atoms with Gasteiger partial charge in [-0.25, -0.2) is 0 Å². The van der Waals surface area contributed by atoms with Crippen molar-refractivity contribution in [2.24, 2.45) is 5.92 Å². The number of ether oxygens (including phenoxy) is 1. The van der Waals surface area contributed by atoms with Crippen molar-refractivity contribution in [1.29, 1.82) is 0 Å². The lowest BCUT2D eigenvalue weighted by Crippen LogP contribution is -2.29. The minimum absolute atomic E-state index is 0.183. The number of Topliss-reactive ketones (excluding diaryl/α,β-unsaturated/α-hetero) is 1. The third kappa shape index (κ3) is 5.38. The molecule has 0 aromatic carbocycles. The van der Waals surface area contributed by atoms with E-state index in [0.29, 0.717) is 18.9 Å². The summed E-state index contributed by atoms with van der Waals surface area (Å²) in [4.78, 5) is 11.7. The van der Waals surface area contributed by atoms with Crippen LogP contribution in [0.3, 0.4) is 0 Å². The van der Waals surface area contributed by atoms with Crippen LogP contribution >= 0.6 is 0 Å². The lowest BCUT2D eigenvalue weighted by molar-refractivity contribution is -0.133. The fourth-order valence-electron chi connectivity index (χ4n) is 1.53. The van der Waals surface area contributed by atoms with Crippen molar-refractivity contribution in [1.82, 2.24) is 0 Å². The molecule has 0 aliphatic heterocycles. The zero-order valence-electron chi connectivity index (χ0n) is 10.0. The third-order valence-electron chi connectivity index (χ3n) is 2.30. The first kappa shape index (κ1) is 13.6. The number of unbranched alkanes of at least 4 members (excludes halogenated alkanes) is 2. The van der Waals surface area contributed by atoms with Crippen molar-refractivity contribution >= 4 is 5.78 Å². The summed E-state index contributed by atoms with van der Waals surface area (Å²) in [5, 5.41) is 0. The Morgan fingerprint density at radius 3 is 2.29 bits per heavy atom. The molecule has 0 aromatic heterocycles. The van der Waals surface area contributed by atoms with Crippen LogP contribution in [0.1, 0.15) is 53.4 Å². The summed E-state index contributed by atoms with van der Waals surface area (Å²) >= 11 is 0. The van der Waals surface area contributed by atoms with Gasteiger partial charge in [-0.15, -0.1) is 0 Å². The van der Waals surface area contributed by atoms with Gasteiger partial charge in [-0.1, -0.05) is 33.6 Å². The fraction of sp³-hybridized carbons (Fsp3) is 0.917. The molecule has 0 amide bonds. The fourth-order valence-corrected chi connectivity index (χ4v) is 1.53. The van der Waals surface area contributed by atoms with Crippen molar-refractivity contribution in [2.45, 2.75) is 59.5 Å². The van der Waals surface area contributed by atoms with Gasteiger partial charge in [-0.05, 0) is 19.3 Å². The zero-order valence-corrected chi connectivity index (χ0v) is 10.0. The van der Waals surface area contributed by atoms with Crippen LogP contribution < -0.4 is 0 Å². The molecule has 0 radical (unpaired) electrons. The topological polar surface area (TPSA) is 26.3 Å². The standard InChI is InChI=1S/C12H24O2/c1-5-7-8-9-11(13)12(10(3)4)14-6-2/h10,12H,5-9H2,1-4H3. The van der Waals surface area contributed by atoms with E-state index in [1.54, 1.807) is 0 Å². The summed E-state index contributed by atoms with van der Waals surface area (Å²) in [5.41, 5.74) is 0. The highest BCUT2D eigenvalue weighted by Crippen LogP contribution is 2.12. The molecule has 1 atom stereocenters. The Morgan fingerprint density at radius 1 is 1.21 bits per heavy atom. The van der Waals surface area contributed by atoms with Crippen LogP contribution in [0.25, 0.3) is 0 Å². The first-order valence-electron chi connectivity index (χ1n) is 5.77. The molecule has 0 saturated heterocycles. The Morgan fingerprint density at radius 2 is 1.86 bits per heavy atom. The van der Waals surface area contributed by atoms with Gasteiger partial charge < -0.3 is 4.74 Å². The highest BCUT2D eigenvalue weighted by atomic mass is 16.5. The van der Waals surface area contributed by atoms with Crippen molar-refractivity contribution < 1.29 is 9.53 Å². The SMILES string of the molecule is CCCCCC(=O)C(OCC)C(C)C. The number of carbonyl (C=O) groups excluding carboxylic acids is 1. The average Bonchev–Trinajstić information content (AvgIpc) is 2.13. The van der Waals surface area contributed by atoms with E-state index in [1.807, 2.05) is 20.8 Å². The largest absolute Gasteiger partial charge is 0.370 e. The normalized spacial score (nSPS) is 13.2. The number of carbonyl (C=O) groups is 1. The monoisotopic (exact) mass is 200 g/mol. The summed E-state index contributed by atoms with van der Waals surface area (Å²) in [5.74, 6) is 0.569. The second-order valence-electron chi connectivity index (χ2n) is 4.04. The quantitative estimate of drug-likeness (QED) is 0.562. The van der Waals surface area contributed by atoms with Gasteiger partial charge >= 0.3 is 0 Å². The van der Waals surface area contributed by atoms with Crippen LogP contribution in [0.5, 0.6) is 0 Å². The maximum Gasteiger partial charge on any atom is 0.161 e. The first-order chi connectivity index (χ1) is 6.63. The summed E-state index contributed by atoms with van der Waals surface area (Å²) in [7, 11) is 0. The van der Waals surface area contributed by atoms with Gasteiger partial charge in [0.05, 0.1) is 0 Å². The second kappa shape index (κ2) is 7.98. The van der Waals surface area contributed by atoms with Gasteiger partial charge in [-0.3, -0.25) is 4.79 Å². The van der Waals surface area contributed by atoms with Crippen LogP contribution in [-0.2, 0) is 9.53 Å². The van der Waals surface area contributed by atoms with Gasteiger partial charge in [0.25, 0.3) is 0 Å². The highest BCUT2D eigenvalue weighted by molar-refractivity contribution is 5.83. The number of rotatable bonds is 8. The molecule has 0 saturated carbocycles. The molecular weight excluding hydrogens is 176 g/mol. The van der Waals surface area contributed by atoms with Gasteiger partial charge in [0.15, 0.2) is 5.78 Å². The smallest absolute Gasteiger partial charge is 0.161 e. The third-order valence-corrected chi connectivity index (χ3v) is 2.30.